The van der Waals surface area contributed by atoms with Gasteiger partial charge in [0.1, 0.15) is 0 Å². The lowest BCUT2D eigenvalue weighted by atomic mass is 9.98. The van der Waals surface area contributed by atoms with Gasteiger partial charge in [-0.05, 0) is 44.7 Å². The highest BCUT2D eigenvalue weighted by molar-refractivity contribution is 7.13. The number of carbonyl (C=O) groups is 1. The van der Waals surface area contributed by atoms with Crippen molar-refractivity contribution in [2.75, 3.05) is 18.4 Å². The van der Waals surface area contributed by atoms with E-state index < -0.39 is 5.60 Å². The molecule has 1 aliphatic carbocycles. The fourth-order valence-corrected chi connectivity index (χ4v) is 4.28. The summed E-state index contributed by atoms with van der Waals surface area (Å²) in [5.41, 5.74) is 0.230. The van der Waals surface area contributed by atoms with Crippen molar-refractivity contribution in [3.05, 3.63) is 11.1 Å². The smallest absolute Gasteiger partial charge is 0.229 e. The molecule has 2 N–H and O–H groups in total. The van der Waals surface area contributed by atoms with E-state index in [1.165, 1.54) is 24.2 Å². The van der Waals surface area contributed by atoms with Crippen LogP contribution in [0.1, 0.15) is 57.6 Å². The van der Waals surface area contributed by atoms with E-state index in [1.807, 2.05) is 5.38 Å². The largest absolute Gasteiger partial charge is 0.389 e. The van der Waals surface area contributed by atoms with Crippen LogP contribution in [0, 0.1) is 5.92 Å². The Morgan fingerprint density at radius 3 is 2.83 bits per heavy atom. The average Bonchev–Trinajstić information content (AvgIpc) is 3.11. The zero-order chi connectivity index (χ0) is 16.3. The number of piperidine rings is 1. The molecule has 5 nitrogen and oxygen atoms in total. The third-order valence-electron chi connectivity index (χ3n) is 5.08. The summed E-state index contributed by atoms with van der Waals surface area (Å²) < 4.78 is 0. The Balaban J connectivity index is 1.48. The number of rotatable bonds is 5. The molecule has 1 aromatic heterocycles. The zero-order valence-corrected chi connectivity index (χ0v) is 14.7. The molecule has 6 heteroatoms. The average molecular weight is 337 g/mol. The van der Waals surface area contributed by atoms with Crippen LogP contribution in [0.25, 0.3) is 0 Å². The Labute approximate surface area is 142 Å². The summed E-state index contributed by atoms with van der Waals surface area (Å²) in [4.78, 5) is 19.1. The number of nitrogens with one attached hydrogen (secondary N) is 1. The number of nitrogens with zero attached hydrogens (tertiary/aromatic N) is 2. The van der Waals surface area contributed by atoms with Gasteiger partial charge < -0.3 is 10.4 Å². The highest BCUT2D eigenvalue weighted by Gasteiger charge is 2.33. The maximum Gasteiger partial charge on any atom is 0.229 e. The highest BCUT2D eigenvalue weighted by Crippen LogP contribution is 2.32. The Morgan fingerprint density at radius 2 is 2.13 bits per heavy atom. The number of likely N-dealkylation sites (tertiary alicyclic amines) is 1. The normalized spacial score (nSPS) is 22.3. The monoisotopic (exact) mass is 337 g/mol. The number of amides is 1. The van der Waals surface area contributed by atoms with Gasteiger partial charge >= 0.3 is 0 Å². The molecule has 0 aromatic carbocycles. The lowest BCUT2D eigenvalue weighted by Crippen LogP contribution is -2.32. The number of hydrogen-bond acceptors (Lipinski definition) is 5. The molecule has 0 spiro atoms. The van der Waals surface area contributed by atoms with E-state index in [4.69, 9.17) is 0 Å². The Kier molecular flexibility index (Phi) is 5.34. The van der Waals surface area contributed by atoms with Crippen LogP contribution in [-0.2, 0) is 11.3 Å². The number of thiazole rings is 1. The summed E-state index contributed by atoms with van der Waals surface area (Å²) in [5, 5.41) is 15.8. The van der Waals surface area contributed by atoms with Crippen LogP contribution in [0.15, 0.2) is 5.38 Å². The summed E-state index contributed by atoms with van der Waals surface area (Å²) in [5.74, 6) is 0.708. The molecular formula is C17H27N3O2S. The molecule has 2 aliphatic rings. The van der Waals surface area contributed by atoms with Gasteiger partial charge in [-0.25, -0.2) is 4.98 Å². The molecule has 0 unspecified atom stereocenters. The number of aromatic nitrogens is 1. The van der Waals surface area contributed by atoms with Gasteiger partial charge in [-0.2, -0.15) is 0 Å². The van der Waals surface area contributed by atoms with Gasteiger partial charge in [-0.1, -0.05) is 19.8 Å². The van der Waals surface area contributed by atoms with Crippen molar-refractivity contribution in [3.63, 3.8) is 0 Å². The molecule has 1 amide bonds. The van der Waals surface area contributed by atoms with Crippen LogP contribution in [0.5, 0.6) is 0 Å². The van der Waals surface area contributed by atoms with Crippen LogP contribution in [0.4, 0.5) is 5.13 Å². The van der Waals surface area contributed by atoms with Crippen molar-refractivity contribution < 1.29 is 9.90 Å². The lowest BCUT2D eigenvalue weighted by molar-refractivity contribution is -0.120. The molecule has 128 valence electrons. The van der Waals surface area contributed by atoms with Crippen molar-refractivity contribution in [2.24, 2.45) is 5.92 Å². The minimum Gasteiger partial charge on any atom is -0.389 e. The van der Waals surface area contributed by atoms with Gasteiger partial charge in [-0.3, -0.25) is 9.69 Å². The topological polar surface area (TPSA) is 65.5 Å². The molecular weight excluding hydrogens is 310 g/mol. The Hall–Kier alpha value is -0.980. The summed E-state index contributed by atoms with van der Waals surface area (Å²) >= 11 is 1.47. The van der Waals surface area contributed by atoms with E-state index in [0.29, 0.717) is 5.13 Å². The molecule has 0 radical (unpaired) electrons. The molecule has 0 atom stereocenters. The SMILES string of the molecule is CC1CCN(Cc2csc(NC(=O)CC3(O)CCCC3)n2)CC1. The first-order chi connectivity index (χ1) is 11.0. The minimum atomic E-state index is -0.797. The van der Waals surface area contributed by atoms with Gasteiger partial charge in [0.25, 0.3) is 0 Å². The van der Waals surface area contributed by atoms with Crippen molar-refractivity contribution in [3.8, 4) is 0 Å². The zero-order valence-electron chi connectivity index (χ0n) is 13.9. The predicted molar refractivity (Wildman–Crippen MR) is 92.5 cm³/mol. The Bertz CT molecular complexity index is 532. The van der Waals surface area contributed by atoms with E-state index in [0.717, 1.165) is 56.9 Å². The van der Waals surface area contributed by atoms with E-state index in [2.05, 4.69) is 22.1 Å². The molecule has 0 bridgehead atoms. The first-order valence-electron chi connectivity index (χ1n) is 8.71. The first-order valence-corrected chi connectivity index (χ1v) is 9.59. The van der Waals surface area contributed by atoms with Crippen molar-refractivity contribution in [2.45, 2.75) is 64.0 Å². The summed E-state index contributed by atoms with van der Waals surface area (Å²) in [6, 6.07) is 0. The summed E-state index contributed by atoms with van der Waals surface area (Å²) in [6.45, 7) is 5.44. The molecule has 3 rings (SSSR count). The van der Waals surface area contributed by atoms with Crippen molar-refractivity contribution >= 4 is 22.4 Å². The van der Waals surface area contributed by atoms with Gasteiger partial charge in [0, 0.05) is 11.9 Å². The molecule has 1 aliphatic heterocycles. The summed E-state index contributed by atoms with van der Waals surface area (Å²) in [6.07, 6.45) is 6.19. The van der Waals surface area contributed by atoms with Crippen LogP contribution < -0.4 is 5.32 Å². The lowest BCUT2D eigenvalue weighted by Gasteiger charge is -2.29. The minimum absolute atomic E-state index is 0.123. The maximum atomic E-state index is 12.1. The fraction of sp³-hybridized carbons (Fsp3) is 0.765. The number of carbonyl (C=O) groups excluding carboxylic acids is 1. The highest BCUT2D eigenvalue weighted by atomic mass is 32.1. The van der Waals surface area contributed by atoms with Crippen molar-refractivity contribution in [1.82, 2.24) is 9.88 Å². The van der Waals surface area contributed by atoms with Crippen LogP contribution in [-0.4, -0.2) is 39.6 Å². The molecule has 1 saturated carbocycles. The third-order valence-corrected chi connectivity index (χ3v) is 5.89. The maximum absolute atomic E-state index is 12.1. The molecule has 2 heterocycles. The number of hydrogen-bond donors (Lipinski definition) is 2. The van der Waals surface area contributed by atoms with E-state index in [1.54, 1.807) is 0 Å². The number of aliphatic hydroxyl groups is 1. The van der Waals surface area contributed by atoms with Gasteiger partial charge in [0.15, 0.2) is 5.13 Å². The van der Waals surface area contributed by atoms with E-state index in [9.17, 15) is 9.90 Å². The van der Waals surface area contributed by atoms with Crippen LogP contribution >= 0.6 is 11.3 Å². The van der Waals surface area contributed by atoms with Crippen LogP contribution in [0.3, 0.4) is 0 Å². The standard InChI is InChI=1S/C17H27N3O2S/c1-13-4-8-20(9-5-13)11-14-12-23-16(18-14)19-15(21)10-17(22)6-2-3-7-17/h12-13,22H,2-11H2,1H3,(H,18,19,21). The van der Waals surface area contributed by atoms with E-state index in [-0.39, 0.29) is 12.3 Å². The van der Waals surface area contributed by atoms with Crippen molar-refractivity contribution in [1.29, 1.82) is 0 Å². The molecule has 1 aromatic rings. The molecule has 1 saturated heterocycles. The quantitative estimate of drug-likeness (QED) is 0.867. The number of anilines is 1. The Morgan fingerprint density at radius 1 is 1.43 bits per heavy atom. The van der Waals surface area contributed by atoms with Gasteiger partial charge in [-0.15, -0.1) is 11.3 Å². The summed E-state index contributed by atoms with van der Waals surface area (Å²) in [7, 11) is 0. The first kappa shape index (κ1) is 16.9. The van der Waals surface area contributed by atoms with Gasteiger partial charge in [0.2, 0.25) is 5.91 Å². The van der Waals surface area contributed by atoms with E-state index >= 15 is 0 Å². The third kappa shape index (κ3) is 4.75. The molecule has 23 heavy (non-hydrogen) atoms. The second-order valence-electron chi connectivity index (χ2n) is 7.26. The second-order valence-corrected chi connectivity index (χ2v) is 8.12. The van der Waals surface area contributed by atoms with Gasteiger partial charge in [0.05, 0.1) is 17.7 Å². The second kappa shape index (κ2) is 7.28. The van der Waals surface area contributed by atoms with Crippen LogP contribution in [0.2, 0.25) is 0 Å². The predicted octanol–water partition coefficient (Wildman–Crippen LogP) is 3.01. The fourth-order valence-electron chi connectivity index (χ4n) is 3.56. The molecule has 2 fully saturated rings.